The first kappa shape index (κ1) is 18.0. The topological polar surface area (TPSA) is 32.9 Å². The van der Waals surface area contributed by atoms with E-state index in [-0.39, 0.29) is 11.7 Å². The van der Waals surface area contributed by atoms with Gasteiger partial charge in [0.1, 0.15) is 0 Å². The van der Waals surface area contributed by atoms with Crippen molar-refractivity contribution in [3.05, 3.63) is 99.2 Å². The minimum absolute atomic E-state index is 0.0194. The standard InChI is InChI=1S/C23H17BrClNO/c24-17-9-12-19-21(14-17)26-20(13-8-15-6-10-18(25)11-7-15)22(19)23(27)16-4-2-1-3-5-16/h1-6,8-15,26H,7H2/b13-8+. The number of H-pyrrole nitrogens is 1. The number of hydrogen-bond acceptors (Lipinski definition) is 1. The average Bonchev–Trinajstić information content (AvgIpc) is 3.05. The molecule has 1 aliphatic carbocycles. The van der Waals surface area contributed by atoms with Crippen molar-refractivity contribution in [3.63, 3.8) is 0 Å². The van der Waals surface area contributed by atoms with Gasteiger partial charge in [-0.3, -0.25) is 4.79 Å². The van der Waals surface area contributed by atoms with E-state index in [9.17, 15) is 4.79 Å². The summed E-state index contributed by atoms with van der Waals surface area (Å²) in [7, 11) is 0. The van der Waals surface area contributed by atoms with Gasteiger partial charge >= 0.3 is 0 Å². The smallest absolute Gasteiger partial charge is 0.195 e. The molecule has 4 rings (SSSR count). The molecule has 0 bridgehead atoms. The molecule has 0 amide bonds. The second-order valence-electron chi connectivity index (χ2n) is 6.51. The molecule has 1 atom stereocenters. The SMILES string of the molecule is O=C(c1ccccc1)c1c(/C=C/C2C=CC(Cl)=CC2)[nH]c2cc(Br)ccc12. The van der Waals surface area contributed by atoms with Crippen molar-refractivity contribution in [3.8, 4) is 0 Å². The summed E-state index contributed by atoms with van der Waals surface area (Å²) in [5.41, 5.74) is 3.15. The van der Waals surface area contributed by atoms with Crippen LogP contribution >= 0.6 is 27.5 Å². The van der Waals surface area contributed by atoms with Crippen molar-refractivity contribution in [1.29, 1.82) is 0 Å². The Kier molecular flexibility index (Phi) is 5.15. The summed E-state index contributed by atoms with van der Waals surface area (Å²) in [6.07, 6.45) is 11.0. The monoisotopic (exact) mass is 437 g/mol. The van der Waals surface area contributed by atoms with Gasteiger partial charge in [-0.25, -0.2) is 0 Å². The van der Waals surface area contributed by atoms with Crippen molar-refractivity contribution in [2.75, 3.05) is 0 Å². The molecule has 1 heterocycles. The molecular formula is C23H17BrClNO. The molecule has 3 aromatic rings. The molecule has 2 aromatic carbocycles. The van der Waals surface area contributed by atoms with Crippen LogP contribution in [0.15, 0.2) is 82.3 Å². The third-order valence-corrected chi connectivity index (χ3v) is 5.42. The Bertz CT molecular complexity index is 1090. The first-order valence-electron chi connectivity index (χ1n) is 8.75. The predicted octanol–water partition coefficient (Wildman–Crippen LogP) is 6.87. The van der Waals surface area contributed by atoms with Crippen molar-refractivity contribution in [2.45, 2.75) is 6.42 Å². The fourth-order valence-corrected chi connectivity index (χ4v) is 3.79. The highest BCUT2D eigenvalue weighted by atomic mass is 79.9. The van der Waals surface area contributed by atoms with E-state index in [1.807, 2.05) is 66.8 Å². The van der Waals surface area contributed by atoms with Crippen LogP contribution in [0.4, 0.5) is 0 Å². The number of halogens is 2. The maximum Gasteiger partial charge on any atom is 0.195 e. The van der Waals surface area contributed by atoms with Crippen LogP contribution in [0.1, 0.15) is 28.0 Å². The van der Waals surface area contributed by atoms with Gasteiger partial charge < -0.3 is 4.98 Å². The fraction of sp³-hybridized carbons (Fsp3) is 0.0870. The van der Waals surface area contributed by atoms with Crippen LogP contribution in [0.2, 0.25) is 0 Å². The van der Waals surface area contributed by atoms with Gasteiger partial charge in [0.25, 0.3) is 0 Å². The molecule has 1 N–H and O–H groups in total. The third-order valence-electron chi connectivity index (χ3n) is 4.65. The van der Waals surface area contributed by atoms with E-state index in [1.165, 1.54) is 0 Å². The maximum absolute atomic E-state index is 13.2. The van der Waals surface area contributed by atoms with Gasteiger partial charge in [0.05, 0.1) is 11.3 Å². The Hall–Kier alpha value is -2.36. The summed E-state index contributed by atoms with van der Waals surface area (Å²) in [6, 6.07) is 15.3. The van der Waals surface area contributed by atoms with Gasteiger partial charge in [-0.1, -0.05) is 82.2 Å². The molecule has 1 unspecified atom stereocenters. The number of aromatic nitrogens is 1. The van der Waals surface area contributed by atoms with E-state index < -0.39 is 0 Å². The largest absolute Gasteiger partial charge is 0.354 e. The normalized spacial score (nSPS) is 16.8. The maximum atomic E-state index is 13.2. The zero-order chi connectivity index (χ0) is 18.8. The second-order valence-corrected chi connectivity index (χ2v) is 7.86. The highest BCUT2D eigenvalue weighted by molar-refractivity contribution is 9.10. The average molecular weight is 439 g/mol. The Labute approximate surface area is 171 Å². The number of fused-ring (bicyclic) bond motifs is 1. The number of rotatable bonds is 4. The van der Waals surface area contributed by atoms with Crippen molar-refractivity contribution in [2.24, 2.45) is 5.92 Å². The van der Waals surface area contributed by atoms with Crippen molar-refractivity contribution < 1.29 is 4.79 Å². The number of hydrogen-bond donors (Lipinski definition) is 1. The lowest BCUT2D eigenvalue weighted by atomic mass is 9.97. The zero-order valence-electron chi connectivity index (χ0n) is 14.5. The minimum Gasteiger partial charge on any atom is -0.354 e. The summed E-state index contributed by atoms with van der Waals surface area (Å²) in [6.45, 7) is 0. The summed E-state index contributed by atoms with van der Waals surface area (Å²) >= 11 is 9.50. The Morgan fingerprint density at radius 1 is 1.19 bits per heavy atom. The lowest BCUT2D eigenvalue weighted by molar-refractivity contribution is 0.104. The summed E-state index contributed by atoms with van der Waals surface area (Å²) in [5.74, 6) is 0.288. The van der Waals surface area contributed by atoms with Crippen LogP contribution < -0.4 is 0 Å². The van der Waals surface area contributed by atoms with Crippen LogP contribution in [0.25, 0.3) is 17.0 Å². The molecule has 1 aromatic heterocycles. The second kappa shape index (κ2) is 7.71. The summed E-state index contributed by atoms with van der Waals surface area (Å²) < 4.78 is 0.973. The molecule has 27 heavy (non-hydrogen) atoms. The van der Waals surface area contributed by atoms with Gasteiger partial charge in [0.2, 0.25) is 0 Å². The van der Waals surface area contributed by atoms with Gasteiger partial charge in [-0.15, -0.1) is 0 Å². The molecule has 2 nitrogen and oxygen atoms in total. The number of carbonyl (C=O) groups is 1. The number of aromatic amines is 1. The van der Waals surface area contributed by atoms with E-state index in [0.29, 0.717) is 11.1 Å². The van der Waals surface area contributed by atoms with E-state index in [0.717, 1.165) is 32.5 Å². The minimum atomic E-state index is 0.0194. The number of allylic oxidation sites excluding steroid dienone is 5. The summed E-state index contributed by atoms with van der Waals surface area (Å²) in [4.78, 5) is 16.6. The molecule has 0 aliphatic heterocycles. The molecule has 0 fully saturated rings. The van der Waals surface area contributed by atoms with Crippen LogP contribution in [0.5, 0.6) is 0 Å². The van der Waals surface area contributed by atoms with Gasteiger partial charge in [0, 0.05) is 26.0 Å². The number of carbonyl (C=O) groups excluding carboxylic acids is 1. The van der Waals surface area contributed by atoms with Crippen LogP contribution in [-0.4, -0.2) is 10.8 Å². The number of ketones is 1. The molecule has 0 saturated heterocycles. The van der Waals surface area contributed by atoms with Crippen molar-refractivity contribution in [1.82, 2.24) is 4.98 Å². The third kappa shape index (κ3) is 3.85. The highest BCUT2D eigenvalue weighted by Crippen LogP contribution is 2.29. The molecule has 4 heteroatoms. The number of nitrogens with one attached hydrogen (secondary N) is 1. The summed E-state index contributed by atoms with van der Waals surface area (Å²) in [5, 5.41) is 1.70. The van der Waals surface area contributed by atoms with Crippen molar-refractivity contribution >= 4 is 50.3 Å². The van der Waals surface area contributed by atoms with Crippen LogP contribution in [0.3, 0.4) is 0 Å². The highest BCUT2D eigenvalue weighted by Gasteiger charge is 2.19. The Morgan fingerprint density at radius 3 is 2.74 bits per heavy atom. The molecular weight excluding hydrogens is 422 g/mol. The lowest BCUT2D eigenvalue weighted by Crippen LogP contribution is -2.02. The Morgan fingerprint density at radius 2 is 2.00 bits per heavy atom. The molecule has 134 valence electrons. The lowest BCUT2D eigenvalue weighted by Gasteiger charge is -2.09. The van der Waals surface area contributed by atoms with Gasteiger partial charge in [-0.2, -0.15) is 0 Å². The van der Waals surface area contributed by atoms with E-state index in [2.05, 4.69) is 33.1 Å². The van der Waals surface area contributed by atoms with E-state index >= 15 is 0 Å². The van der Waals surface area contributed by atoms with Crippen LogP contribution in [0, 0.1) is 5.92 Å². The van der Waals surface area contributed by atoms with Crippen LogP contribution in [-0.2, 0) is 0 Å². The first-order valence-corrected chi connectivity index (χ1v) is 9.92. The Balaban J connectivity index is 1.77. The van der Waals surface area contributed by atoms with E-state index in [4.69, 9.17) is 11.6 Å². The molecule has 0 spiro atoms. The predicted molar refractivity (Wildman–Crippen MR) is 116 cm³/mol. The first-order chi connectivity index (χ1) is 13.1. The molecule has 0 saturated carbocycles. The molecule has 1 aliphatic rings. The van der Waals surface area contributed by atoms with Gasteiger partial charge in [-0.05, 0) is 36.6 Å². The van der Waals surface area contributed by atoms with E-state index in [1.54, 1.807) is 0 Å². The zero-order valence-corrected chi connectivity index (χ0v) is 16.8. The molecule has 0 radical (unpaired) electrons. The fourth-order valence-electron chi connectivity index (χ4n) is 3.27. The number of benzene rings is 2. The quantitative estimate of drug-likeness (QED) is 0.443. The van der Waals surface area contributed by atoms with Gasteiger partial charge in [0.15, 0.2) is 5.78 Å².